The van der Waals surface area contributed by atoms with Crippen LogP contribution < -0.4 is 10.6 Å². The lowest BCUT2D eigenvalue weighted by molar-refractivity contribution is -0.143. The van der Waals surface area contributed by atoms with Crippen molar-refractivity contribution in [2.45, 2.75) is 19.9 Å². The molecule has 104 valence electrons. The normalized spacial score (nSPS) is 11.6. The minimum atomic E-state index is -0.865. The predicted molar refractivity (Wildman–Crippen MR) is 78.2 cm³/mol. The predicted octanol–water partition coefficient (Wildman–Crippen LogP) is 1.12. The van der Waals surface area contributed by atoms with Crippen molar-refractivity contribution >= 4 is 29.0 Å². The van der Waals surface area contributed by atoms with E-state index in [9.17, 15) is 4.79 Å². The second-order valence-corrected chi connectivity index (χ2v) is 4.64. The highest BCUT2D eigenvalue weighted by Crippen LogP contribution is 2.13. The van der Waals surface area contributed by atoms with Crippen LogP contribution in [0.5, 0.6) is 0 Å². The maximum Gasteiger partial charge on any atom is 0.330 e. The van der Waals surface area contributed by atoms with Gasteiger partial charge in [-0.1, -0.05) is 6.07 Å². The van der Waals surface area contributed by atoms with Crippen LogP contribution in [0.2, 0.25) is 0 Å². The summed E-state index contributed by atoms with van der Waals surface area (Å²) in [7, 11) is 1.26. The fourth-order valence-electron chi connectivity index (χ4n) is 1.69. The zero-order valence-electron chi connectivity index (χ0n) is 11.2. The zero-order chi connectivity index (χ0) is 14.4. The average Bonchev–Trinajstić information content (AvgIpc) is 2.33. The zero-order valence-corrected chi connectivity index (χ0v) is 12.0. The molecular formula is C13H18N2O3S. The van der Waals surface area contributed by atoms with Crippen LogP contribution in [0.1, 0.15) is 11.1 Å². The van der Waals surface area contributed by atoms with Gasteiger partial charge in [0.25, 0.3) is 0 Å². The molecule has 1 aromatic rings. The van der Waals surface area contributed by atoms with Gasteiger partial charge in [-0.3, -0.25) is 0 Å². The maximum absolute atomic E-state index is 11.3. The molecule has 1 rings (SSSR count). The van der Waals surface area contributed by atoms with Crippen molar-refractivity contribution in [3.05, 3.63) is 29.3 Å². The molecule has 1 unspecified atom stereocenters. The summed E-state index contributed by atoms with van der Waals surface area (Å²) in [5.41, 5.74) is 3.05. The summed E-state index contributed by atoms with van der Waals surface area (Å²) in [6.07, 6.45) is 0. The Bertz CT molecular complexity index is 457. The van der Waals surface area contributed by atoms with Crippen LogP contribution in [-0.2, 0) is 9.53 Å². The van der Waals surface area contributed by atoms with E-state index in [1.54, 1.807) is 0 Å². The van der Waals surface area contributed by atoms with Gasteiger partial charge < -0.3 is 20.5 Å². The molecule has 0 aromatic heterocycles. The van der Waals surface area contributed by atoms with Crippen molar-refractivity contribution in [2.75, 3.05) is 19.0 Å². The summed E-state index contributed by atoms with van der Waals surface area (Å²) in [5.74, 6) is -0.563. The van der Waals surface area contributed by atoms with Crippen LogP contribution in [-0.4, -0.2) is 35.9 Å². The highest BCUT2D eigenvalue weighted by Gasteiger charge is 2.18. The molecule has 6 heteroatoms. The third-order valence-electron chi connectivity index (χ3n) is 2.45. The van der Waals surface area contributed by atoms with E-state index in [2.05, 4.69) is 15.4 Å². The minimum Gasteiger partial charge on any atom is -0.467 e. The van der Waals surface area contributed by atoms with Crippen LogP contribution in [0.25, 0.3) is 0 Å². The van der Waals surface area contributed by atoms with Gasteiger partial charge in [-0.15, -0.1) is 0 Å². The topological polar surface area (TPSA) is 70.6 Å². The Morgan fingerprint density at radius 3 is 2.42 bits per heavy atom. The van der Waals surface area contributed by atoms with Crippen molar-refractivity contribution < 1.29 is 14.6 Å². The summed E-state index contributed by atoms with van der Waals surface area (Å²) in [6, 6.07) is 5.06. The number of carbonyl (C=O) groups is 1. The summed E-state index contributed by atoms with van der Waals surface area (Å²) >= 11 is 5.09. The monoisotopic (exact) mass is 282 g/mol. The number of hydrogen-bond acceptors (Lipinski definition) is 4. The summed E-state index contributed by atoms with van der Waals surface area (Å²) < 4.78 is 4.54. The molecule has 0 fully saturated rings. The molecule has 3 N–H and O–H groups in total. The molecule has 0 aliphatic rings. The third-order valence-corrected chi connectivity index (χ3v) is 2.67. The fourth-order valence-corrected chi connectivity index (χ4v) is 1.95. The number of rotatable bonds is 4. The Hall–Kier alpha value is -1.66. The van der Waals surface area contributed by atoms with Crippen molar-refractivity contribution in [1.82, 2.24) is 5.32 Å². The van der Waals surface area contributed by atoms with Crippen LogP contribution in [0, 0.1) is 13.8 Å². The number of methoxy groups -OCH3 is 1. The fraction of sp³-hybridized carbons (Fsp3) is 0.385. The standard InChI is InChI=1S/C13H18N2O3S/c1-8-4-9(2)6-10(5-8)14-13(19)15-11(7-16)12(17)18-3/h4-6,11,16H,7H2,1-3H3,(H2,14,15,19). The second-order valence-electron chi connectivity index (χ2n) is 4.23. The first-order valence-corrected chi connectivity index (χ1v) is 6.21. The third kappa shape index (κ3) is 4.84. The first-order valence-electron chi connectivity index (χ1n) is 5.80. The number of benzene rings is 1. The summed E-state index contributed by atoms with van der Waals surface area (Å²) in [4.78, 5) is 11.3. The maximum atomic E-state index is 11.3. The number of aliphatic hydroxyl groups is 1. The molecule has 0 saturated heterocycles. The van der Waals surface area contributed by atoms with Gasteiger partial charge in [-0.2, -0.15) is 0 Å². The van der Waals surface area contributed by atoms with Gasteiger partial charge in [0, 0.05) is 5.69 Å². The highest BCUT2D eigenvalue weighted by atomic mass is 32.1. The van der Waals surface area contributed by atoms with Crippen LogP contribution in [0.3, 0.4) is 0 Å². The van der Waals surface area contributed by atoms with Gasteiger partial charge in [0.15, 0.2) is 5.11 Å². The Kier molecular flexibility index (Phi) is 5.72. The number of aryl methyl sites for hydroxylation is 2. The van der Waals surface area contributed by atoms with E-state index in [0.29, 0.717) is 0 Å². The van der Waals surface area contributed by atoms with E-state index in [1.807, 2.05) is 32.0 Å². The quantitative estimate of drug-likeness (QED) is 0.568. The molecule has 1 atom stereocenters. The van der Waals surface area contributed by atoms with Gasteiger partial charge in [0.05, 0.1) is 13.7 Å². The molecule has 0 heterocycles. The number of nitrogens with one attached hydrogen (secondary N) is 2. The van der Waals surface area contributed by atoms with Crippen LogP contribution in [0.15, 0.2) is 18.2 Å². The Labute approximate surface area is 118 Å². The molecule has 0 bridgehead atoms. The van der Waals surface area contributed by atoms with E-state index in [-0.39, 0.29) is 11.7 Å². The molecule has 0 radical (unpaired) electrons. The largest absolute Gasteiger partial charge is 0.467 e. The highest BCUT2D eigenvalue weighted by molar-refractivity contribution is 7.80. The SMILES string of the molecule is COC(=O)C(CO)NC(=S)Nc1cc(C)cc(C)c1. The minimum absolute atomic E-state index is 0.259. The van der Waals surface area contributed by atoms with E-state index >= 15 is 0 Å². The average molecular weight is 282 g/mol. The van der Waals surface area contributed by atoms with E-state index in [4.69, 9.17) is 17.3 Å². The molecule has 0 aliphatic carbocycles. The molecule has 0 aliphatic heterocycles. The number of aliphatic hydroxyl groups excluding tert-OH is 1. The number of esters is 1. The van der Waals surface area contributed by atoms with Crippen molar-refractivity contribution in [3.63, 3.8) is 0 Å². The van der Waals surface area contributed by atoms with Crippen LogP contribution in [0.4, 0.5) is 5.69 Å². The van der Waals surface area contributed by atoms with E-state index in [0.717, 1.165) is 16.8 Å². The lowest BCUT2D eigenvalue weighted by atomic mass is 10.1. The number of carbonyl (C=O) groups excluding carboxylic acids is 1. The number of ether oxygens (including phenoxy) is 1. The number of thiocarbonyl (C=S) groups is 1. The van der Waals surface area contributed by atoms with Crippen molar-refractivity contribution in [3.8, 4) is 0 Å². The van der Waals surface area contributed by atoms with Crippen molar-refractivity contribution in [1.29, 1.82) is 0 Å². The lowest BCUT2D eigenvalue weighted by Gasteiger charge is -2.17. The van der Waals surface area contributed by atoms with E-state index < -0.39 is 12.0 Å². The Morgan fingerprint density at radius 2 is 1.95 bits per heavy atom. The Morgan fingerprint density at radius 1 is 1.37 bits per heavy atom. The first kappa shape index (κ1) is 15.4. The second kappa shape index (κ2) is 7.06. The van der Waals surface area contributed by atoms with Gasteiger partial charge in [-0.05, 0) is 49.3 Å². The smallest absolute Gasteiger partial charge is 0.330 e. The molecular weight excluding hydrogens is 264 g/mol. The molecule has 5 nitrogen and oxygen atoms in total. The lowest BCUT2D eigenvalue weighted by Crippen LogP contribution is -2.45. The van der Waals surface area contributed by atoms with E-state index in [1.165, 1.54) is 7.11 Å². The number of hydrogen-bond donors (Lipinski definition) is 3. The number of anilines is 1. The molecule has 0 saturated carbocycles. The molecule has 0 spiro atoms. The molecule has 0 amide bonds. The first-order chi connectivity index (χ1) is 8.96. The molecule has 1 aromatic carbocycles. The summed E-state index contributed by atoms with van der Waals surface area (Å²) in [5, 5.41) is 15.0. The van der Waals surface area contributed by atoms with Gasteiger partial charge in [-0.25, -0.2) is 4.79 Å². The Balaban J connectivity index is 2.66. The summed E-state index contributed by atoms with van der Waals surface area (Å²) in [6.45, 7) is 3.58. The van der Waals surface area contributed by atoms with Crippen molar-refractivity contribution in [2.24, 2.45) is 0 Å². The van der Waals surface area contributed by atoms with Crippen LogP contribution >= 0.6 is 12.2 Å². The van der Waals surface area contributed by atoms with Gasteiger partial charge >= 0.3 is 5.97 Å². The van der Waals surface area contributed by atoms with Gasteiger partial charge in [0.2, 0.25) is 0 Å². The van der Waals surface area contributed by atoms with Gasteiger partial charge in [0.1, 0.15) is 6.04 Å². The molecule has 19 heavy (non-hydrogen) atoms.